The van der Waals surface area contributed by atoms with Gasteiger partial charge in [-0.1, -0.05) is 6.08 Å². The third kappa shape index (κ3) is 7.32. The van der Waals surface area contributed by atoms with Crippen molar-refractivity contribution >= 4 is 40.7 Å². The second-order valence-corrected chi connectivity index (χ2v) is 9.22. The maximum Gasteiger partial charge on any atom is 0.417 e. The topological polar surface area (TPSA) is 156 Å². The molecule has 3 amide bonds. The van der Waals surface area contributed by atoms with Crippen molar-refractivity contribution in [1.82, 2.24) is 23.9 Å². The zero-order valence-corrected chi connectivity index (χ0v) is 22.6. The van der Waals surface area contributed by atoms with Crippen LogP contribution in [0.1, 0.15) is 18.7 Å². The highest BCUT2D eigenvalue weighted by molar-refractivity contribution is 5.95. The zero-order chi connectivity index (χ0) is 30.4. The fourth-order valence-corrected chi connectivity index (χ4v) is 3.62. The number of carbonyl (C=O) groups excluding carboxylic acids is 3. The summed E-state index contributed by atoms with van der Waals surface area (Å²) < 4.78 is 34.4. The Balaban J connectivity index is 1.85. The number of anilines is 1. The standard InChI is InChI=1S/C26H28F2N6O7/c1-31(2)22(35)10-6-5-9-20(41-26(40)32(3)4)23(36)30-17-8-7-11-33(24(17)37)14-21-29-18-12-15(27)16(28)13-19(18)34(21)25(38)39/h6-8,10-13,20H,5,9,14H2,1-4H3,(H,30,36)(H,38,39)/b10-6+. The molecule has 2 N–H and O–H groups in total. The summed E-state index contributed by atoms with van der Waals surface area (Å²) in [6.45, 7) is -0.420. The van der Waals surface area contributed by atoms with Gasteiger partial charge in [-0.3, -0.25) is 14.4 Å². The third-order valence-electron chi connectivity index (χ3n) is 5.74. The molecule has 1 atom stereocenters. The quantitative estimate of drug-likeness (QED) is 0.369. The molecular formula is C26H28F2N6O7. The molecule has 41 heavy (non-hydrogen) atoms. The predicted molar refractivity (Wildman–Crippen MR) is 143 cm³/mol. The average Bonchev–Trinajstić information content (AvgIpc) is 3.24. The molecule has 1 unspecified atom stereocenters. The molecular weight excluding hydrogens is 546 g/mol. The second kappa shape index (κ2) is 12.8. The van der Waals surface area contributed by atoms with Crippen molar-refractivity contribution in [3.05, 3.63) is 70.4 Å². The predicted octanol–water partition coefficient (Wildman–Crippen LogP) is 2.48. The molecule has 3 aromatic rings. The van der Waals surface area contributed by atoms with E-state index in [2.05, 4.69) is 10.3 Å². The smallest absolute Gasteiger partial charge is 0.417 e. The summed E-state index contributed by atoms with van der Waals surface area (Å²) in [5.74, 6) is -3.78. The summed E-state index contributed by atoms with van der Waals surface area (Å²) in [5.41, 5.74) is -1.31. The molecule has 0 fully saturated rings. The largest absolute Gasteiger partial charge is 0.464 e. The maximum absolute atomic E-state index is 13.8. The van der Waals surface area contributed by atoms with E-state index in [0.29, 0.717) is 10.6 Å². The molecule has 0 bridgehead atoms. The Morgan fingerprint density at radius 2 is 1.80 bits per heavy atom. The lowest BCUT2D eigenvalue weighted by atomic mass is 10.1. The number of fused-ring (bicyclic) bond motifs is 1. The third-order valence-corrected chi connectivity index (χ3v) is 5.74. The van der Waals surface area contributed by atoms with E-state index in [4.69, 9.17) is 4.74 Å². The van der Waals surface area contributed by atoms with Gasteiger partial charge in [-0.25, -0.2) is 27.9 Å². The lowest BCUT2D eigenvalue weighted by Gasteiger charge is -2.19. The monoisotopic (exact) mass is 574 g/mol. The summed E-state index contributed by atoms with van der Waals surface area (Å²) >= 11 is 0. The first kappa shape index (κ1) is 30.5. The van der Waals surface area contributed by atoms with Gasteiger partial charge in [-0.15, -0.1) is 0 Å². The molecule has 13 nitrogen and oxygen atoms in total. The Hall–Kier alpha value is -5.08. The van der Waals surface area contributed by atoms with Crippen LogP contribution in [0, 0.1) is 11.6 Å². The summed E-state index contributed by atoms with van der Waals surface area (Å²) in [6, 6.07) is 4.13. The number of likely N-dealkylation sites (N-methyl/N-ethyl adjacent to an activating group) is 1. The molecule has 0 aliphatic rings. The van der Waals surface area contributed by atoms with Crippen LogP contribution in [0.2, 0.25) is 0 Å². The number of carbonyl (C=O) groups is 4. The van der Waals surface area contributed by atoms with Crippen LogP contribution in [0.3, 0.4) is 0 Å². The highest BCUT2D eigenvalue weighted by atomic mass is 19.2. The molecule has 0 aliphatic heterocycles. The van der Waals surface area contributed by atoms with Crippen molar-refractivity contribution in [1.29, 1.82) is 0 Å². The van der Waals surface area contributed by atoms with Crippen molar-refractivity contribution in [2.75, 3.05) is 33.5 Å². The molecule has 15 heteroatoms. The molecule has 0 aliphatic carbocycles. The number of rotatable bonds is 9. The second-order valence-electron chi connectivity index (χ2n) is 9.22. The van der Waals surface area contributed by atoms with Crippen LogP contribution in [0.15, 0.2) is 47.4 Å². The number of amides is 3. The van der Waals surface area contributed by atoms with Crippen LogP contribution in [-0.4, -0.2) is 87.3 Å². The Morgan fingerprint density at radius 3 is 2.44 bits per heavy atom. The molecule has 0 saturated carbocycles. The maximum atomic E-state index is 13.8. The van der Waals surface area contributed by atoms with Gasteiger partial charge >= 0.3 is 12.2 Å². The minimum atomic E-state index is -1.53. The summed E-state index contributed by atoms with van der Waals surface area (Å²) in [5, 5.41) is 12.1. The average molecular weight is 575 g/mol. The van der Waals surface area contributed by atoms with Gasteiger partial charge in [0.05, 0.1) is 17.6 Å². The Bertz CT molecular complexity index is 1580. The van der Waals surface area contributed by atoms with Crippen LogP contribution in [0.4, 0.5) is 24.1 Å². The molecule has 0 saturated heterocycles. The van der Waals surface area contributed by atoms with E-state index in [1.165, 1.54) is 49.5 Å². The fraction of sp³-hybridized carbons (Fsp3) is 0.308. The first-order chi connectivity index (χ1) is 19.3. The highest BCUT2D eigenvalue weighted by Gasteiger charge is 2.25. The van der Waals surface area contributed by atoms with E-state index < -0.39 is 47.9 Å². The van der Waals surface area contributed by atoms with Gasteiger partial charge in [0.1, 0.15) is 11.5 Å². The highest BCUT2D eigenvalue weighted by Crippen LogP contribution is 2.21. The number of hydrogen-bond donors (Lipinski definition) is 2. The SMILES string of the molecule is CN(C)C(=O)/C=C/CCC(OC(=O)N(C)C)C(=O)Nc1cccn(Cc2nc3cc(F)c(F)cc3n2C(=O)O)c1=O. The van der Waals surface area contributed by atoms with Crippen molar-refractivity contribution in [2.45, 2.75) is 25.5 Å². The number of pyridine rings is 1. The van der Waals surface area contributed by atoms with Gasteiger partial charge in [0.25, 0.3) is 11.5 Å². The molecule has 0 spiro atoms. The molecule has 3 rings (SSSR count). The van der Waals surface area contributed by atoms with Gasteiger partial charge in [0.15, 0.2) is 17.7 Å². The van der Waals surface area contributed by atoms with Crippen molar-refractivity contribution < 1.29 is 37.8 Å². The first-order valence-electron chi connectivity index (χ1n) is 12.2. The molecule has 1 aromatic carbocycles. The number of nitrogens with zero attached hydrogens (tertiary/aromatic N) is 5. The number of halogens is 2. The van der Waals surface area contributed by atoms with Crippen molar-refractivity contribution in [2.24, 2.45) is 0 Å². The lowest BCUT2D eigenvalue weighted by molar-refractivity contribution is -0.125. The number of aromatic nitrogens is 3. The van der Waals surface area contributed by atoms with E-state index in [1.54, 1.807) is 14.1 Å². The lowest BCUT2D eigenvalue weighted by Crippen LogP contribution is -2.37. The minimum absolute atomic E-state index is 0.000594. The van der Waals surface area contributed by atoms with Crippen LogP contribution in [0.25, 0.3) is 11.0 Å². The number of nitrogens with one attached hydrogen (secondary N) is 1. The Labute approximate surface area is 232 Å². The summed E-state index contributed by atoms with van der Waals surface area (Å²) in [7, 11) is 6.00. The van der Waals surface area contributed by atoms with Crippen molar-refractivity contribution in [3.63, 3.8) is 0 Å². The molecule has 2 heterocycles. The van der Waals surface area contributed by atoms with Crippen LogP contribution in [0.5, 0.6) is 0 Å². The van der Waals surface area contributed by atoms with Crippen molar-refractivity contribution in [3.8, 4) is 0 Å². The first-order valence-corrected chi connectivity index (χ1v) is 12.2. The van der Waals surface area contributed by atoms with Gasteiger partial charge in [-0.2, -0.15) is 0 Å². The van der Waals surface area contributed by atoms with Gasteiger partial charge < -0.3 is 29.5 Å². The van der Waals surface area contributed by atoms with Crippen LogP contribution < -0.4 is 10.9 Å². The summed E-state index contributed by atoms with van der Waals surface area (Å²) in [4.78, 5) is 68.4. The Morgan fingerprint density at radius 1 is 1.12 bits per heavy atom. The van der Waals surface area contributed by atoms with E-state index in [-0.39, 0.29) is 41.3 Å². The van der Waals surface area contributed by atoms with Gasteiger partial charge in [0.2, 0.25) is 5.91 Å². The number of ether oxygens (including phenoxy) is 1. The number of benzene rings is 1. The fourth-order valence-electron chi connectivity index (χ4n) is 3.62. The number of carboxylic acid groups (broad SMARTS) is 1. The summed E-state index contributed by atoms with van der Waals surface area (Å²) in [6.07, 6.45) is 0.685. The zero-order valence-electron chi connectivity index (χ0n) is 22.6. The van der Waals surface area contributed by atoms with Crippen LogP contribution in [-0.2, 0) is 20.9 Å². The Kier molecular flexibility index (Phi) is 9.55. The molecule has 218 valence electrons. The number of imidazole rings is 1. The van der Waals surface area contributed by atoms with E-state index in [1.807, 2.05) is 0 Å². The van der Waals surface area contributed by atoms with E-state index in [0.717, 1.165) is 15.5 Å². The molecule has 0 radical (unpaired) electrons. The normalized spacial score (nSPS) is 11.9. The minimum Gasteiger partial charge on any atom is -0.464 e. The van der Waals surface area contributed by atoms with Crippen LogP contribution >= 0.6 is 0 Å². The molecule has 2 aromatic heterocycles. The van der Waals surface area contributed by atoms with Gasteiger partial charge in [0, 0.05) is 46.5 Å². The van der Waals surface area contributed by atoms with E-state index in [9.17, 15) is 37.9 Å². The number of allylic oxidation sites excluding steroid dienone is 1. The number of hydrogen-bond acceptors (Lipinski definition) is 7. The van der Waals surface area contributed by atoms with E-state index >= 15 is 0 Å². The van der Waals surface area contributed by atoms with Gasteiger partial charge in [-0.05, 0) is 31.1 Å².